The zero-order valence-electron chi connectivity index (χ0n) is 33.7. The molecule has 21 heteroatoms. The molecule has 0 radical (unpaired) electrons. The molecule has 6 atom stereocenters. The lowest BCUT2D eigenvalue weighted by molar-refractivity contribution is -0.146. The second-order valence-corrected chi connectivity index (χ2v) is 14.3. The molecule has 0 aliphatic carbocycles. The molecule has 0 spiro atoms. The van der Waals surface area contributed by atoms with Gasteiger partial charge < -0.3 is 51.8 Å². The number of hydrogen-bond donors (Lipinski definition) is 8. The van der Waals surface area contributed by atoms with E-state index in [-0.39, 0.29) is 32.4 Å². The molecule has 324 valence electrons. The first-order valence-corrected chi connectivity index (χ1v) is 19.0. The zero-order valence-corrected chi connectivity index (χ0v) is 33.7. The number of amides is 7. The van der Waals surface area contributed by atoms with Gasteiger partial charge in [-0.3, -0.25) is 52.7 Å². The molecule has 21 nitrogen and oxygen atoms in total. The molecule has 1 rings (SSSR count). The molecule has 0 aromatic heterocycles. The lowest BCUT2D eigenvalue weighted by Crippen LogP contribution is -2.61. The number of hydrogen-bond acceptors (Lipinski definition) is 12. The van der Waals surface area contributed by atoms with Crippen molar-refractivity contribution in [2.45, 2.75) is 123 Å². The van der Waals surface area contributed by atoms with Crippen LogP contribution in [0.1, 0.15) is 86.5 Å². The third kappa shape index (κ3) is 16.7. The Bertz CT molecular complexity index is 1570. The fourth-order valence-electron chi connectivity index (χ4n) is 5.89. The monoisotopic (exact) mass is 823 g/mol. The van der Waals surface area contributed by atoms with Gasteiger partial charge in [-0.15, -0.1) is 6.58 Å². The van der Waals surface area contributed by atoms with Crippen molar-refractivity contribution in [2.75, 3.05) is 19.7 Å². The average molecular weight is 824 g/mol. The van der Waals surface area contributed by atoms with Crippen molar-refractivity contribution in [1.29, 1.82) is 0 Å². The van der Waals surface area contributed by atoms with Gasteiger partial charge in [0.2, 0.25) is 41.2 Å². The number of esters is 1. The van der Waals surface area contributed by atoms with Crippen molar-refractivity contribution in [1.82, 2.24) is 36.8 Å². The first kappa shape index (κ1) is 50.1. The highest BCUT2D eigenvalue weighted by molar-refractivity contribution is 6.38. The number of rotatable bonds is 25. The van der Waals surface area contributed by atoms with Crippen LogP contribution in [0.5, 0.6) is 0 Å². The highest BCUT2D eigenvalue weighted by Crippen LogP contribution is 2.21. The number of carboxylic acid groups (broad SMARTS) is 2. The summed E-state index contributed by atoms with van der Waals surface area (Å²) in [6, 6.07) is -7.93. The smallest absolute Gasteiger partial charge is 0.325 e. The molecule has 0 aromatic carbocycles. The minimum atomic E-state index is -1.54. The topological polar surface area (TPSA) is 313 Å². The molecule has 1 aliphatic rings. The number of carbonyl (C=O) groups is 11. The van der Waals surface area contributed by atoms with Crippen LogP contribution in [0.2, 0.25) is 0 Å². The van der Waals surface area contributed by atoms with Gasteiger partial charge in [-0.25, -0.2) is 0 Å². The summed E-state index contributed by atoms with van der Waals surface area (Å²) < 4.78 is 4.73. The predicted molar refractivity (Wildman–Crippen MR) is 203 cm³/mol. The molecule has 1 saturated heterocycles. The van der Waals surface area contributed by atoms with Gasteiger partial charge >= 0.3 is 17.9 Å². The molecular weight excluding hydrogens is 766 g/mol. The molecule has 7 amide bonds. The SMILES string of the molecule is C=CCC(NC(=O)C1CCCN1C(=O)C(NC(=O)C(NC(=O)C(CCC(=O)O)NC(=O)C(CCC(=O)O)NC(C)=O)C(C)C)C(C)C)C(=O)C(=O)NCC(=O)OCC. The van der Waals surface area contributed by atoms with E-state index in [0.29, 0.717) is 6.42 Å². The highest BCUT2D eigenvalue weighted by Gasteiger charge is 2.41. The third-order valence-electron chi connectivity index (χ3n) is 8.89. The van der Waals surface area contributed by atoms with Crippen molar-refractivity contribution in [3.63, 3.8) is 0 Å². The fourth-order valence-corrected chi connectivity index (χ4v) is 5.89. The number of likely N-dealkylation sites (tertiary alicyclic amines) is 1. The standard InChI is InChI=1S/C37H57N7O14/c1-8-11-22(31(51)36(56)38-18-28(50)58-9-2)40-34(54)25-12-10-17-44(25)37(57)30(20(5)6)43-35(55)29(19(3)4)42-33(53)24(14-16-27(48)49)41-32(52)23(39-21(7)45)13-15-26(46)47/h8,19-20,22-25,29-30H,1,9-18H2,2-7H3,(H,38,56)(H,39,45)(H,40,54)(H,41,52)(H,42,53)(H,43,55)(H,46,47)(H,48,49). The molecular formula is C37H57N7O14. The first-order valence-electron chi connectivity index (χ1n) is 19.0. The van der Waals surface area contributed by atoms with Crippen molar-refractivity contribution in [3.05, 3.63) is 12.7 Å². The highest BCUT2D eigenvalue weighted by atomic mass is 16.5. The van der Waals surface area contributed by atoms with Crippen molar-refractivity contribution in [3.8, 4) is 0 Å². The Kier molecular flexibility index (Phi) is 21.3. The lowest BCUT2D eigenvalue weighted by atomic mass is 9.98. The van der Waals surface area contributed by atoms with E-state index in [2.05, 4.69) is 38.5 Å². The van der Waals surface area contributed by atoms with Gasteiger partial charge in [-0.05, 0) is 50.9 Å². The minimum absolute atomic E-state index is 0.0609. The van der Waals surface area contributed by atoms with Crippen LogP contribution >= 0.6 is 0 Å². The third-order valence-corrected chi connectivity index (χ3v) is 8.89. The Morgan fingerprint density at radius 2 is 1.29 bits per heavy atom. The second-order valence-electron chi connectivity index (χ2n) is 14.3. The molecule has 0 aromatic rings. The largest absolute Gasteiger partial charge is 0.481 e. The van der Waals surface area contributed by atoms with E-state index in [4.69, 9.17) is 9.84 Å². The maximum atomic E-state index is 14.0. The van der Waals surface area contributed by atoms with E-state index in [1.807, 2.05) is 0 Å². The second kappa shape index (κ2) is 24.7. The predicted octanol–water partition coefficient (Wildman–Crippen LogP) is -1.71. The van der Waals surface area contributed by atoms with Crippen LogP contribution < -0.4 is 31.9 Å². The number of carbonyl (C=O) groups excluding carboxylic acids is 9. The van der Waals surface area contributed by atoms with Crippen molar-refractivity contribution >= 4 is 65.0 Å². The van der Waals surface area contributed by atoms with E-state index < -0.39 is 139 Å². The summed E-state index contributed by atoms with van der Waals surface area (Å²) in [4.78, 5) is 140. The van der Waals surface area contributed by atoms with Crippen molar-refractivity contribution in [2.24, 2.45) is 11.8 Å². The van der Waals surface area contributed by atoms with Crippen molar-refractivity contribution < 1.29 is 67.7 Å². The summed E-state index contributed by atoms with van der Waals surface area (Å²) in [5.74, 6) is -11.5. The summed E-state index contributed by atoms with van der Waals surface area (Å²) >= 11 is 0. The molecule has 8 N–H and O–H groups in total. The minimum Gasteiger partial charge on any atom is -0.481 e. The van der Waals surface area contributed by atoms with Gasteiger partial charge in [-0.1, -0.05) is 33.8 Å². The molecule has 6 unspecified atom stereocenters. The Balaban J connectivity index is 3.21. The zero-order chi connectivity index (χ0) is 44.3. The van der Waals surface area contributed by atoms with Gasteiger partial charge in [0.25, 0.3) is 5.91 Å². The first-order chi connectivity index (χ1) is 27.1. The van der Waals surface area contributed by atoms with Crippen LogP contribution in [0.3, 0.4) is 0 Å². The van der Waals surface area contributed by atoms with Crippen LogP contribution in [0.15, 0.2) is 12.7 Å². The van der Waals surface area contributed by atoms with E-state index in [1.54, 1.807) is 34.6 Å². The molecule has 0 saturated carbocycles. The fraction of sp³-hybridized carbons (Fsp3) is 0.649. The molecule has 1 heterocycles. The molecule has 1 aliphatic heterocycles. The summed E-state index contributed by atoms with van der Waals surface area (Å²) in [7, 11) is 0. The van der Waals surface area contributed by atoms with Crippen LogP contribution in [-0.2, 0) is 57.5 Å². The van der Waals surface area contributed by atoms with E-state index >= 15 is 0 Å². The molecule has 58 heavy (non-hydrogen) atoms. The normalized spacial score (nSPS) is 16.1. The number of ketones is 1. The number of carboxylic acids is 2. The maximum absolute atomic E-state index is 14.0. The number of nitrogens with zero attached hydrogens (tertiary/aromatic N) is 1. The van der Waals surface area contributed by atoms with E-state index in [1.165, 1.54) is 11.0 Å². The summed E-state index contributed by atoms with van der Waals surface area (Å²) in [6.07, 6.45) is -0.133. The van der Waals surface area contributed by atoms with E-state index in [9.17, 15) is 57.8 Å². The van der Waals surface area contributed by atoms with Crippen LogP contribution in [0.25, 0.3) is 0 Å². The Hall–Kier alpha value is -5.89. The quantitative estimate of drug-likeness (QED) is 0.0289. The average Bonchev–Trinajstić information content (AvgIpc) is 3.64. The number of Topliss-reactive ketones (excluding diaryl/α,β-unsaturated/α-hetero) is 1. The lowest BCUT2D eigenvalue weighted by Gasteiger charge is -2.33. The maximum Gasteiger partial charge on any atom is 0.325 e. The van der Waals surface area contributed by atoms with Gasteiger partial charge in [0, 0.05) is 26.3 Å². The van der Waals surface area contributed by atoms with Crippen LogP contribution in [0, 0.1) is 11.8 Å². The van der Waals surface area contributed by atoms with Gasteiger partial charge in [-0.2, -0.15) is 0 Å². The van der Waals surface area contributed by atoms with E-state index in [0.717, 1.165) is 6.92 Å². The number of aliphatic carboxylic acids is 2. The summed E-state index contributed by atoms with van der Waals surface area (Å²) in [6.45, 7) is 12.3. The van der Waals surface area contributed by atoms with Gasteiger partial charge in [0.15, 0.2) is 0 Å². The van der Waals surface area contributed by atoms with Gasteiger partial charge in [0.05, 0.1) is 6.61 Å². The number of nitrogens with one attached hydrogen (secondary N) is 6. The van der Waals surface area contributed by atoms with Crippen LogP contribution in [0.4, 0.5) is 0 Å². The Labute approximate surface area is 336 Å². The Morgan fingerprint density at radius 1 is 0.759 bits per heavy atom. The number of ether oxygens (including phenoxy) is 1. The summed E-state index contributed by atoms with van der Waals surface area (Å²) in [5, 5.41) is 32.8. The Morgan fingerprint density at radius 3 is 1.79 bits per heavy atom. The molecule has 1 fully saturated rings. The summed E-state index contributed by atoms with van der Waals surface area (Å²) in [5.41, 5.74) is 0. The van der Waals surface area contributed by atoms with Crippen LogP contribution in [-0.4, -0.2) is 136 Å². The molecule has 0 bridgehead atoms. The van der Waals surface area contributed by atoms with Gasteiger partial charge in [0.1, 0.15) is 42.8 Å².